The van der Waals surface area contributed by atoms with Crippen LogP contribution in [0.15, 0.2) is 30.3 Å². The molecule has 3 atom stereocenters. The molecule has 1 rings (SSSR count). The first-order valence-corrected chi connectivity index (χ1v) is 7.37. The van der Waals surface area contributed by atoms with Crippen molar-refractivity contribution in [1.29, 1.82) is 0 Å². The molecule has 0 bridgehead atoms. The second-order valence-electron chi connectivity index (χ2n) is 5.64. The summed E-state index contributed by atoms with van der Waals surface area (Å²) >= 11 is 0. The molecular formula is C17H26O3. The SMILES string of the molecule is CCOC(=O)C(C(C)C)C(O)CC(C)c1ccccc1. The van der Waals surface area contributed by atoms with Gasteiger partial charge in [-0.1, -0.05) is 51.1 Å². The van der Waals surface area contributed by atoms with Gasteiger partial charge in [0.25, 0.3) is 0 Å². The molecule has 0 aliphatic rings. The molecule has 0 saturated carbocycles. The zero-order valence-electron chi connectivity index (χ0n) is 12.9. The van der Waals surface area contributed by atoms with Gasteiger partial charge in [0.2, 0.25) is 0 Å². The fourth-order valence-corrected chi connectivity index (χ4v) is 2.54. The lowest BCUT2D eigenvalue weighted by Gasteiger charge is -2.26. The highest BCUT2D eigenvalue weighted by Crippen LogP contribution is 2.27. The van der Waals surface area contributed by atoms with Crippen molar-refractivity contribution in [2.75, 3.05) is 6.61 Å². The molecule has 1 N–H and O–H groups in total. The van der Waals surface area contributed by atoms with Gasteiger partial charge < -0.3 is 9.84 Å². The molecule has 3 nitrogen and oxygen atoms in total. The Morgan fingerprint density at radius 2 is 1.80 bits per heavy atom. The number of hydrogen-bond donors (Lipinski definition) is 1. The van der Waals surface area contributed by atoms with Crippen LogP contribution in [0.5, 0.6) is 0 Å². The molecular weight excluding hydrogens is 252 g/mol. The Labute approximate surface area is 122 Å². The van der Waals surface area contributed by atoms with Crippen LogP contribution in [-0.2, 0) is 9.53 Å². The van der Waals surface area contributed by atoms with Crippen molar-refractivity contribution in [2.45, 2.75) is 46.1 Å². The standard InChI is InChI=1S/C17H26O3/c1-5-20-17(19)16(12(2)3)15(18)11-13(4)14-9-7-6-8-10-14/h6-10,12-13,15-16,18H,5,11H2,1-4H3. The van der Waals surface area contributed by atoms with Crippen LogP contribution in [0.4, 0.5) is 0 Å². The van der Waals surface area contributed by atoms with E-state index in [9.17, 15) is 9.90 Å². The van der Waals surface area contributed by atoms with Crippen molar-refractivity contribution in [1.82, 2.24) is 0 Å². The topological polar surface area (TPSA) is 46.5 Å². The monoisotopic (exact) mass is 278 g/mol. The van der Waals surface area contributed by atoms with Gasteiger partial charge >= 0.3 is 5.97 Å². The molecule has 1 aromatic rings. The van der Waals surface area contributed by atoms with Crippen molar-refractivity contribution < 1.29 is 14.6 Å². The van der Waals surface area contributed by atoms with E-state index in [1.807, 2.05) is 44.2 Å². The van der Waals surface area contributed by atoms with E-state index in [-0.39, 0.29) is 17.8 Å². The summed E-state index contributed by atoms with van der Waals surface area (Å²) in [5.74, 6) is -0.481. The molecule has 1 aromatic carbocycles. The van der Waals surface area contributed by atoms with Gasteiger partial charge in [-0.2, -0.15) is 0 Å². The van der Waals surface area contributed by atoms with Gasteiger partial charge in [-0.05, 0) is 30.7 Å². The van der Waals surface area contributed by atoms with E-state index in [0.29, 0.717) is 13.0 Å². The summed E-state index contributed by atoms with van der Waals surface area (Å²) in [5.41, 5.74) is 1.18. The predicted molar refractivity (Wildman–Crippen MR) is 80.4 cm³/mol. The number of esters is 1. The number of hydrogen-bond acceptors (Lipinski definition) is 3. The van der Waals surface area contributed by atoms with Crippen LogP contribution >= 0.6 is 0 Å². The minimum absolute atomic E-state index is 0.0621. The average Bonchev–Trinajstić information content (AvgIpc) is 2.39. The van der Waals surface area contributed by atoms with Gasteiger partial charge in [0, 0.05) is 0 Å². The highest BCUT2D eigenvalue weighted by Gasteiger charge is 2.32. The molecule has 112 valence electrons. The molecule has 20 heavy (non-hydrogen) atoms. The third kappa shape index (κ3) is 4.64. The Hall–Kier alpha value is -1.35. The zero-order chi connectivity index (χ0) is 15.1. The molecule has 3 heteroatoms. The Morgan fingerprint density at radius 3 is 2.30 bits per heavy atom. The van der Waals surface area contributed by atoms with Gasteiger partial charge in [-0.15, -0.1) is 0 Å². The quantitative estimate of drug-likeness (QED) is 0.778. The number of aliphatic hydroxyl groups is 1. The van der Waals surface area contributed by atoms with E-state index in [0.717, 1.165) is 0 Å². The summed E-state index contributed by atoms with van der Waals surface area (Å²) in [7, 11) is 0. The predicted octanol–water partition coefficient (Wildman–Crippen LogP) is 3.38. The summed E-state index contributed by atoms with van der Waals surface area (Å²) < 4.78 is 5.07. The van der Waals surface area contributed by atoms with E-state index < -0.39 is 12.0 Å². The number of aliphatic hydroxyl groups excluding tert-OH is 1. The maximum atomic E-state index is 12.0. The third-order valence-corrected chi connectivity index (χ3v) is 3.66. The zero-order valence-corrected chi connectivity index (χ0v) is 12.9. The van der Waals surface area contributed by atoms with E-state index >= 15 is 0 Å². The molecule has 0 aromatic heterocycles. The molecule has 0 saturated heterocycles. The largest absolute Gasteiger partial charge is 0.466 e. The Kier molecular flexibility index (Phi) is 6.73. The lowest BCUT2D eigenvalue weighted by molar-refractivity contribution is -0.154. The van der Waals surface area contributed by atoms with Crippen molar-refractivity contribution in [3.63, 3.8) is 0 Å². The van der Waals surface area contributed by atoms with Gasteiger partial charge in [0.15, 0.2) is 0 Å². The number of rotatable bonds is 7. The Bertz CT molecular complexity index is 400. The lowest BCUT2D eigenvalue weighted by atomic mass is 9.84. The lowest BCUT2D eigenvalue weighted by Crippen LogP contribution is -2.35. The van der Waals surface area contributed by atoms with Crippen molar-refractivity contribution in [2.24, 2.45) is 11.8 Å². The molecule has 0 aliphatic heterocycles. The second-order valence-corrected chi connectivity index (χ2v) is 5.64. The van der Waals surface area contributed by atoms with Crippen molar-refractivity contribution >= 4 is 5.97 Å². The highest BCUT2D eigenvalue weighted by molar-refractivity contribution is 5.73. The first-order valence-electron chi connectivity index (χ1n) is 7.37. The van der Waals surface area contributed by atoms with E-state index in [4.69, 9.17) is 4.74 Å². The maximum absolute atomic E-state index is 12.0. The highest BCUT2D eigenvalue weighted by atomic mass is 16.5. The molecule has 0 spiro atoms. The van der Waals surface area contributed by atoms with Gasteiger partial charge in [0.1, 0.15) is 0 Å². The molecule has 0 radical (unpaired) electrons. The summed E-state index contributed by atoms with van der Waals surface area (Å²) in [6.07, 6.45) is -0.115. The summed E-state index contributed by atoms with van der Waals surface area (Å²) in [4.78, 5) is 12.0. The Balaban J connectivity index is 2.71. The minimum atomic E-state index is -0.677. The first-order chi connectivity index (χ1) is 9.47. The number of ether oxygens (including phenoxy) is 1. The van der Waals surface area contributed by atoms with E-state index in [1.165, 1.54) is 5.56 Å². The van der Waals surface area contributed by atoms with Crippen LogP contribution in [0.25, 0.3) is 0 Å². The molecule has 0 fully saturated rings. The molecule has 0 heterocycles. The van der Waals surface area contributed by atoms with Crippen LogP contribution in [-0.4, -0.2) is 23.8 Å². The van der Waals surface area contributed by atoms with Crippen molar-refractivity contribution in [3.05, 3.63) is 35.9 Å². The van der Waals surface area contributed by atoms with Gasteiger partial charge in [-0.25, -0.2) is 0 Å². The number of carbonyl (C=O) groups is 1. The van der Waals surface area contributed by atoms with Crippen LogP contribution in [0, 0.1) is 11.8 Å². The summed E-state index contributed by atoms with van der Waals surface area (Å²) in [6.45, 7) is 8.09. The summed E-state index contributed by atoms with van der Waals surface area (Å²) in [5, 5.41) is 10.4. The second kappa shape index (κ2) is 8.05. The fraction of sp³-hybridized carbons (Fsp3) is 0.588. The molecule has 0 amide bonds. The normalized spacial score (nSPS) is 15.7. The smallest absolute Gasteiger partial charge is 0.311 e. The van der Waals surface area contributed by atoms with Crippen LogP contribution < -0.4 is 0 Å². The third-order valence-electron chi connectivity index (χ3n) is 3.66. The first kappa shape index (κ1) is 16.7. The van der Waals surface area contributed by atoms with Gasteiger partial charge in [0.05, 0.1) is 18.6 Å². The summed E-state index contributed by atoms with van der Waals surface area (Å²) in [6, 6.07) is 10.0. The number of benzene rings is 1. The molecule has 0 aliphatic carbocycles. The van der Waals surface area contributed by atoms with E-state index in [1.54, 1.807) is 6.92 Å². The van der Waals surface area contributed by atoms with Crippen LogP contribution in [0.2, 0.25) is 0 Å². The van der Waals surface area contributed by atoms with Gasteiger partial charge in [-0.3, -0.25) is 4.79 Å². The molecule has 3 unspecified atom stereocenters. The van der Waals surface area contributed by atoms with Crippen molar-refractivity contribution in [3.8, 4) is 0 Å². The average molecular weight is 278 g/mol. The van der Waals surface area contributed by atoms with E-state index in [2.05, 4.69) is 6.92 Å². The van der Waals surface area contributed by atoms with Crippen LogP contribution in [0.3, 0.4) is 0 Å². The number of carbonyl (C=O) groups excluding carboxylic acids is 1. The fourth-order valence-electron chi connectivity index (χ4n) is 2.54. The van der Waals surface area contributed by atoms with Crippen LogP contribution in [0.1, 0.15) is 45.6 Å². The minimum Gasteiger partial charge on any atom is -0.466 e. The maximum Gasteiger partial charge on any atom is 0.311 e. The Morgan fingerprint density at radius 1 is 1.20 bits per heavy atom.